The molecule has 28 heavy (non-hydrogen) atoms. The minimum atomic E-state index is -0.752. The van der Waals surface area contributed by atoms with Crippen LogP contribution in [0.4, 0.5) is 5.69 Å². The first-order valence-corrected chi connectivity index (χ1v) is 9.65. The third-order valence-electron chi connectivity index (χ3n) is 3.62. The molecule has 0 fully saturated rings. The quantitative estimate of drug-likeness (QED) is 0.540. The van der Waals surface area contributed by atoms with E-state index in [2.05, 4.69) is 5.32 Å². The van der Waals surface area contributed by atoms with Crippen molar-refractivity contribution in [2.75, 3.05) is 11.9 Å². The highest BCUT2D eigenvalue weighted by atomic mass is 35.5. The van der Waals surface area contributed by atoms with Gasteiger partial charge < -0.3 is 15.8 Å². The van der Waals surface area contributed by atoms with Crippen LogP contribution in [0.2, 0.25) is 15.1 Å². The minimum absolute atomic E-state index is 0.124. The predicted molar refractivity (Wildman–Crippen MR) is 111 cm³/mol. The van der Waals surface area contributed by atoms with E-state index in [1.807, 2.05) is 0 Å². The van der Waals surface area contributed by atoms with Crippen LogP contribution in [0, 0.1) is 0 Å². The highest BCUT2D eigenvalue weighted by Crippen LogP contribution is 2.41. The van der Waals surface area contributed by atoms with Crippen molar-refractivity contribution in [3.63, 3.8) is 0 Å². The van der Waals surface area contributed by atoms with E-state index < -0.39 is 24.4 Å². The number of primary amides is 1. The number of nitrogens with one attached hydrogen (secondary N) is 1. The van der Waals surface area contributed by atoms with Gasteiger partial charge >= 0.3 is 5.97 Å². The fourth-order valence-electron chi connectivity index (χ4n) is 2.35. The van der Waals surface area contributed by atoms with Crippen molar-refractivity contribution >= 4 is 79.7 Å². The molecule has 1 aromatic heterocycles. The van der Waals surface area contributed by atoms with Gasteiger partial charge in [0.2, 0.25) is 5.91 Å². The first kappa shape index (κ1) is 20.4. The Kier molecular flexibility index (Phi) is 6.10. The number of hydrogen-bond acceptors (Lipinski definition) is 5. The molecule has 0 aliphatic carbocycles. The fourth-order valence-corrected chi connectivity index (χ4v) is 4.62. The van der Waals surface area contributed by atoms with Crippen LogP contribution in [0.3, 0.4) is 0 Å². The van der Waals surface area contributed by atoms with Crippen LogP contribution in [0.1, 0.15) is 20.0 Å². The topological polar surface area (TPSA) is 98.5 Å². The van der Waals surface area contributed by atoms with Crippen LogP contribution in [0.5, 0.6) is 0 Å². The van der Waals surface area contributed by atoms with E-state index in [1.165, 1.54) is 30.3 Å². The lowest BCUT2D eigenvalue weighted by molar-refractivity contribution is -0.119. The zero-order valence-corrected chi connectivity index (χ0v) is 17.0. The molecule has 6 nitrogen and oxygen atoms in total. The number of anilines is 1. The molecule has 0 aliphatic rings. The van der Waals surface area contributed by atoms with Gasteiger partial charge in [-0.05, 0) is 36.4 Å². The maximum absolute atomic E-state index is 12.3. The van der Waals surface area contributed by atoms with Gasteiger partial charge in [0, 0.05) is 26.4 Å². The molecule has 3 aromatic rings. The average Bonchev–Trinajstić information content (AvgIpc) is 2.96. The Balaban J connectivity index is 1.66. The average molecular weight is 458 g/mol. The summed E-state index contributed by atoms with van der Waals surface area (Å²) in [6, 6.07) is 9.11. The Bertz CT molecular complexity index is 1100. The molecule has 0 saturated carbocycles. The summed E-state index contributed by atoms with van der Waals surface area (Å²) in [5, 5.41) is 3.92. The Labute approximate surface area is 178 Å². The SMILES string of the molecule is NC(=O)c1ccc(NC(=O)COC(=O)c2sc3cc(Cl)cc(Cl)c3c2Cl)cc1. The van der Waals surface area contributed by atoms with Gasteiger partial charge in [0.1, 0.15) is 4.88 Å². The van der Waals surface area contributed by atoms with Crippen LogP contribution in [-0.2, 0) is 9.53 Å². The second-order valence-corrected chi connectivity index (χ2v) is 7.85. The molecule has 0 spiro atoms. The van der Waals surface area contributed by atoms with E-state index in [-0.39, 0.29) is 9.90 Å². The summed E-state index contributed by atoms with van der Waals surface area (Å²) < 4.78 is 5.66. The van der Waals surface area contributed by atoms with E-state index in [4.69, 9.17) is 45.3 Å². The van der Waals surface area contributed by atoms with Crippen LogP contribution < -0.4 is 11.1 Å². The molecule has 0 aliphatic heterocycles. The smallest absolute Gasteiger partial charge is 0.350 e. The van der Waals surface area contributed by atoms with E-state index in [0.717, 1.165) is 11.3 Å². The monoisotopic (exact) mass is 456 g/mol. The highest BCUT2D eigenvalue weighted by Gasteiger charge is 2.21. The number of carbonyl (C=O) groups excluding carboxylic acids is 3. The number of amides is 2. The molecule has 0 unspecified atom stereocenters. The largest absolute Gasteiger partial charge is 0.451 e. The van der Waals surface area contributed by atoms with Gasteiger partial charge in [0.05, 0.1) is 10.0 Å². The zero-order valence-electron chi connectivity index (χ0n) is 13.9. The summed E-state index contributed by atoms with van der Waals surface area (Å²) >= 11 is 19.4. The van der Waals surface area contributed by atoms with E-state index in [0.29, 0.717) is 31.4 Å². The molecule has 0 atom stereocenters. The Morgan fingerprint density at radius 2 is 1.75 bits per heavy atom. The minimum Gasteiger partial charge on any atom is -0.451 e. The lowest BCUT2D eigenvalue weighted by atomic mass is 10.2. The molecule has 2 amide bonds. The number of rotatable bonds is 5. The normalized spacial score (nSPS) is 10.7. The van der Waals surface area contributed by atoms with Gasteiger partial charge in [-0.2, -0.15) is 0 Å². The standard InChI is InChI=1S/C18H11Cl3N2O4S/c19-9-5-11(20)14-12(6-9)28-16(15(14)21)18(26)27-7-13(24)23-10-3-1-8(2-4-10)17(22)25/h1-6H,7H2,(H2,22,25)(H,23,24). The first-order chi connectivity index (χ1) is 13.3. The summed E-state index contributed by atoms with van der Waals surface area (Å²) in [5.41, 5.74) is 5.88. The molecule has 2 aromatic carbocycles. The Morgan fingerprint density at radius 3 is 2.39 bits per heavy atom. The molecule has 1 heterocycles. The number of halogens is 3. The van der Waals surface area contributed by atoms with E-state index in [1.54, 1.807) is 6.07 Å². The van der Waals surface area contributed by atoms with Crippen LogP contribution >= 0.6 is 46.1 Å². The van der Waals surface area contributed by atoms with Crippen molar-refractivity contribution in [3.8, 4) is 0 Å². The zero-order chi connectivity index (χ0) is 20.4. The van der Waals surface area contributed by atoms with Gasteiger partial charge in [0.15, 0.2) is 6.61 Å². The number of carbonyl (C=O) groups is 3. The van der Waals surface area contributed by atoms with Crippen LogP contribution in [0.25, 0.3) is 10.1 Å². The number of nitrogens with two attached hydrogens (primary N) is 1. The van der Waals surface area contributed by atoms with Gasteiger partial charge in [-0.3, -0.25) is 9.59 Å². The molecular formula is C18H11Cl3N2O4S. The number of ether oxygens (including phenoxy) is 1. The Hall–Kier alpha value is -2.32. The van der Waals surface area contributed by atoms with Crippen LogP contribution in [-0.4, -0.2) is 24.4 Å². The van der Waals surface area contributed by atoms with Crippen LogP contribution in [0.15, 0.2) is 36.4 Å². The van der Waals surface area contributed by atoms with E-state index >= 15 is 0 Å². The lowest BCUT2D eigenvalue weighted by Gasteiger charge is -2.06. The maximum atomic E-state index is 12.3. The number of thiophene rings is 1. The number of esters is 1. The summed E-state index contributed by atoms with van der Waals surface area (Å²) in [5.74, 6) is -1.88. The maximum Gasteiger partial charge on any atom is 0.350 e. The molecule has 144 valence electrons. The summed E-state index contributed by atoms with van der Waals surface area (Å²) in [7, 11) is 0. The van der Waals surface area contributed by atoms with Gasteiger partial charge in [-0.15, -0.1) is 11.3 Å². The van der Waals surface area contributed by atoms with E-state index in [9.17, 15) is 14.4 Å². The van der Waals surface area contributed by atoms with Crippen molar-refractivity contribution < 1.29 is 19.1 Å². The highest BCUT2D eigenvalue weighted by molar-refractivity contribution is 7.21. The molecule has 0 radical (unpaired) electrons. The van der Waals surface area contributed by atoms with Crippen molar-refractivity contribution in [2.45, 2.75) is 0 Å². The summed E-state index contributed by atoms with van der Waals surface area (Å²) in [4.78, 5) is 35.4. The van der Waals surface area contributed by atoms with Crippen molar-refractivity contribution in [1.29, 1.82) is 0 Å². The first-order valence-electron chi connectivity index (χ1n) is 7.70. The summed E-state index contributed by atoms with van der Waals surface area (Å²) in [6.45, 7) is -0.518. The van der Waals surface area contributed by atoms with Gasteiger partial charge in [-0.25, -0.2) is 4.79 Å². The second-order valence-electron chi connectivity index (χ2n) is 5.57. The van der Waals surface area contributed by atoms with Crippen molar-refractivity contribution in [3.05, 3.63) is 61.9 Å². The molecular weight excluding hydrogens is 447 g/mol. The second kappa shape index (κ2) is 8.36. The van der Waals surface area contributed by atoms with Gasteiger partial charge in [-0.1, -0.05) is 34.8 Å². The third kappa shape index (κ3) is 4.39. The molecule has 10 heteroatoms. The molecule has 3 rings (SSSR count). The summed E-state index contributed by atoms with van der Waals surface area (Å²) in [6.07, 6.45) is 0. The lowest BCUT2D eigenvalue weighted by Crippen LogP contribution is -2.20. The number of benzene rings is 2. The van der Waals surface area contributed by atoms with Gasteiger partial charge in [0.25, 0.3) is 5.91 Å². The fraction of sp³-hybridized carbons (Fsp3) is 0.0556. The molecule has 0 bridgehead atoms. The third-order valence-corrected chi connectivity index (χ3v) is 5.75. The predicted octanol–water partition coefficient (Wildman–Crippen LogP) is 4.76. The molecule has 3 N–H and O–H groups in total. The molecule has 0 saturated heterocycles. The Morgan fingerprint density at radius 1 is 1.07 bits per heavy atom. The number of hydrogen-bond donors (Lipinski definition) is 2. The van der Waals surface area contributed by atoms with Crippen molar-refractivity contribution in [1.82, 2.24) is 0 Å². The van der Waals surface area contributed by atoms with Crippen molar-refractivity contribution in [2.24, 2.45) is 5.73 Å². The number of fused-ring (bicyclic) bond motifs is 1.